The number of carbonyl (C=O) groups is 1. The molecule has 3 rings (SSSR count). The highest BCUT2D eigenvalue weighted by Crippen LogP contribution is 2.45. The molecule has 1 heterocycles. The van der Waals surface area contributed by atoms with Gasteiger partial charge in [0.1, 0.15) is 0 Å². The van der Waals surface area contributed by atoms with Crippen molar-refractivity contribution in [1.82, 2.24) is 0 Å². The maximum Gasteiger partial charge on any atom is 0.237 e. The standard InChI is InChI=1S/C21H25NO/c1-14-11-15(2)13-17(12-14)9-10-21(4)18-8-6-7-16(3)19(18)22(5)20(21)23/h6-8,11-13H,9-10H2,1-5H3. The van der Waals surface area contributed by atoms with E-state index < -0.39 is 5.41 Å². The first-order valence-electron chi connectivity index (χ1n) is 8.28. The smallest absolute Gasteiger partial charge is 0.237 e. The summed E-state index contributed by atoms with van der Waals surface area (Å²) in [6, 6.07) is 12.9. The van der Waals surface area contributed by atoms with E-state index in [9.17, 15) is 4.79 Å². The molecule has 1 amide bonds. The van der Waals surface area contributed by atoms with Crippen LogP contribution in [-0.4, -0.2) is 13.0 Å². The van der Waals surface area contributed by atoms with E-state index in [1.807, 2.05) is 11.9 Å². The number of carbonyl (C=O) groups excluding carboxylic acids is 1. The van der Waals surface area contributed by atoms with Crippen LogP contribution in [0.4, 0.5) is 5.69 Å². The van der Waals surface area contributed by atoms with Gasteiger partial charge in [-0.2, -0.15) is 0 Å². The van der Waals surface area contributed by atoms with E-state index in [1.54, 1.807) is 0 Å². The van der Waals surface area contributed by atoms with Gasteiger partial charge in [-0.05, 0) is 57.2 Å². The van der Waals surface area contributed by atoms with E-state index in [0.717, 1.165) is 18.5 Å². The number of hydrogen-bond acceptors (Lipinski definition) is 1. The zero-order chi connectivity index (χ0) is 16.8. The first-order chi connectivity index (χ1) is 10.8. The molecule has 2 nitrogen and oxygen atoms in total. The molecule has 0 spiro atoms. The van der Waals surface area contributed by atoms with E-state index in [0.29, 0.717) is 0 Å². The lowest BCUT2D eigenvalue weighted by Gasteiger charge is -2.23. The second-order valence-corrected chi connectivity index (χ2v) is 7.16. The van der Waals surface area contributed by atoms with E-state index in [4.69, 9.17) is 0 Å². The molecule has 2 aromatic rings. The minimum absolute atomic E-state index is 0.214. The first kappa shape index (κ1) is 15.8. The van der Waals surface area contributed by atoms with Crippen molar-refractivity contribution in [3.8, 4) is 0 Å². The predicted octanol–water partition coefficient (Wildman–Crippen LogP) is 4.48. The maximum atomic E-state index is 12.9. The third kappa shape index (κ3) is 2.56. The number of likely N-dealkylation sites (N-methyl/N-ethyl adjacent to an activating group) is 1. The number of anilines is 1. The Morgan fingerprint density at radius 2 is 1.70 bits per heavy atom. The van der Waals surface area contributed by atoms with Gasteiger partial charge in [0.05, 0.1) is 11.1 Å². The average Bonchev–Trinajstić information content (AvgIpc) is 2.68. The van der Waals surface area contributed by atoms with Gasteiger partial charge in [-0.1, -0.05) is 47.5 Å². The Kier molecular flexibility index (Phi) is 3.79. The van der Waals surface area contributed by atoms with Crippen LogP contribution in [0, 0.1) is 20.8 Å². The molecule has 0 fully saturated rings. The van der Waals surface area contributed by atoms with Crippen molar-refractivity contribution in [2.24, 2.45) is 0 Å². The van der Waals surface area contributed by atoms with Crippen LogP contribution in [-0.2, 0) is 16.6 Å². The molecule has 0 N–H and O–H groups in total. The van der Waals surface area contributed by atoms with Crippen LogP contribution in [0.5, 0.6) is 0 Å². The Hall–Kier alpha value is -2.09. The van der Waals surface area contributed by atoms with Gasteiger partial charge in [0.15, 0.2) is 0 Å². The van der Waals surface area contributed by atoms with Crippen LogP contribution in [0.1, 0.15) is 41.2 Å². The monoisotopic (exact) mass is 307 g/mol. The number of para-hydroxylation sites is 1. The molecule has 0 bridgehead atoms. The molecular formula is C21H25NO. The molecule has 1 atom stereocenters. The van der Waals surface area contributed by atoms with Crippen LogP contribution in [0.25, 0.3) is 0 Å². The first-order valence-corrected chi connectivity index (χ1v) is 8.28. The van der Waals surface area contributed by atoms with Gasteiger partial charge in [0.25, 0.3) is 0 Å². The fourth-order valence-corrected chi connectivity index (χ4v) is 3.99. The highest BCUT2D eigenvalue weighted by atomic mass is 16.2. The summed E-state index contributed by atoms with van der Waals surface area (Å²) < 4.78 is 0. The lowest BCUT2D eigenvalue weighted by Crippen LogP contribution is -2.36. The fourth-order valence-electron chi connectivity index (χ4n) is 3.99. The molecule has 2 aromatic carbocycles. The van der Waals surface area contributed by atoms with E-state index in [1.165, 1.54) is 27.8 Å². The summed E-state index contributed by atoms with van der Waals surface area (Å²) in [5, 5.41) is 0. The number of hydrogen-bond donors (Lipinski definition) is 0. The van der Waals surface area contributed by atoms with E-state index in [-0.39, 0.29) is 5.91 Å². The molecule has 0 saturated carbocycles. The van der Waals surface area contributed by atoms with Gasteiger partial charge in [-0.15, -0.1) is 0 Å². The third-order valence-electron chi connectivity index (χ3n) is 5.14. The summed E-state index contributed by atoms with van der Waals surface area (Å²) >= 11 is 0. The Bertz CT molecular complexity index is 757. The van der Waals surface area contributed by atoms with Gasteiger partial charge < -0.3 is 4.90 Å². The molecule has 1 unspecified atom stereocenters. The van der Waals surface area contributed by atoms with Crippen molar-refractivity contribution in [3.05, 3.63) is 64.2 Å². The molecule has 1 aliphatic heterocycles. The number of nitrogens with zero attached hydrogens (tertiary/aromatic N) is 1. The minimum Gasteiger partial charge on any atom is -0.314 e. The summed E-state index contributed by atoms with van der Waals surface area (Å²) in [5.41, 5.74) is 6.92. The van der Waals surface area contributed by atoms with E-state index >= 15 is 0 Å². The van der Waals surface area contributed by atoms with Gasteiger partial charge in [0.2, 0.25) is 5.91 Å². The Morgan fingerprint density at radius 1 is 1.04 bits per heavy atom. The Balaban J connectivity index is 1.93. The summed E-state index contributed by atoms with van der Waals surface area (Å²) in [5.74, 6) is 0.214. The minimum atomic E-state index is -0.423. The second kappa shape index (κ2) is 5.52. The molecule has 2 heteroatoms. The number of rotatable bonds is 3. The van der Waals surface area contributed by atoms with Gasteiger partial charge >= 0.3 is 0 Å². The zero-order valence-electron chi connectivity index (χ0n) is 14.7. The molecule has 23 heavy (non-hydrogen) atoms. The second-order valence-electron chi connectivity index (χ2n) is 7.16. The molecular weight excluding hydrogens is 282 g/mol. The lowest BCUT2D eigenvalue weighted by atomic mass is 9.78. The normalized spacial score (nSPS) is 20.0. The molecule has 1 aliphatic rings. The topological polar surface area (TPSA) is 20.3 Å². The van der Waals surface area contributed by atoms with Crippen molar-refractivity contribution in [1.29, 1.82) is 0 Å². The Labute approximate surface area is 139 Å². The van der Waals surface area contributed by atoms with Crippen LogP contribution in [0.3, 0.4) is 0 Å². The predicted molar refractivity (Wildman–Crippen MR) is 96.2 cm³/mol. The highest BCUT2D eigenvalue weighted by Gasteiger charge is 2.45. The largest absolute Gasteiger partial charge is 0.314 e. The molecule has 0 radical (unpaired) electrons. The number of fused-ring (bicyclic) bond motifs is 1. The maximum absolute atomic E-state index is 12.9. The zero-order valence-corrected chi connectivity index (χ0v) is 14.7. The summed E-state index contributed by atoms with van der Waals surface area (Å²) in [6.45, 7) is 8.44. The SMILES string of the molecule is Cc1cc(C)cc(CCC2(C)C(=O)N(C)c3c(C)cccc32)c1. The van der Waals surface area contributed by atoms with Gasteiger partial charge in [-0.25, -0.2) is 0 Å². The molecule has 120 valence electrons. The van der Waals surface area contributed by atoms with Crippen molar-refractivity contribution in [2.45, 2.75) is 46.0 Å². The van der Waals surface area contributed by atoms with E-state index in [2.05, 4.69) is 64.1 Å². The quantitative estimate of drug-likeness (QED) is 0.819. The van der Waals surface area contributed by atoms with Gasteiger partial charge in [-0.3, -0.25) is 4.79 Å². The third-order valence-corrected chi connectivity index (χ3v) is 5.14. The fraction of sp³-hybridized carbons (Fsp3) is 0.381. The molecule has 0 saturated heterocycles. The van der Waals surface area contributed by atoms with Crippen molar-refractivity contribution < 1.29 is 4.79 Å². The summed E-state index contributed by atoms with van der Waals surface area (Å²) in [6.07, 6.45) is 1.77. The summed E-state index contributed by atoms with van der Waals surface area (Å²) in [4.78, 5) is 14.8. The van der Waals surface area contributed by atoms with Crippen molar-refractivity contribution in [2.75, 3.05) is 11.9 Å². The number of amides is 1. The van der Waals surface area contributed by atoms with Crippen LogP contribution in [0.2, 0.25) is 0 Å². The lowest BCUT2D eigenvalue weighted by molar-refractivity contribution is -0.122. The summed E-state index contributed by atoms with van der Waals surface area (Å²) in [7, 11) is 1.90. The molecule has 0 aliphatic carbocycles. The molecule has 0 aromatic heterocycles. The van der Waals surface area contributed by atoms with Crippen LogP contribution >= 0.6 is 0 Å². The average molecular weight is 307 g/mol. The number of benzene rings is 2. The van der Waals surface area contributed by atoms with Crippen molar-refractivity contribution >= 4 is 11.6 Å². The van der Waals surface area contributed by atoms with Crippen LogP contribution < -0.4 is 4.90 Å². The highest BCUT2D eigenvalue weighted by molar-refractivity contribution is 6.08. The van der Waals surface area contributed by atoms with Crippen LogP contribution in [0.15, 0.2) is 36.4 Å². The van der Waals surface area contributed by atoms with Gasteiger partial charge in [0, 0.05) is 7.05 Å². The number of aryl methyl sites for hydroxylation is 4. The van der Waals surface area contributed by atoms with Crippen molar-refractivity contribution in [3.63, 3.8) is 0 Å². The Morgan fingerprint density at radius 3 is 2.35 bits per heavy atom.